The molecule has 1 fully saturated rings. The number of thioether (sulfide) groups is 1. The monoisotopic (exact) mass is 320 g/mol. The van der Waals surface area contributed by atoms with Gasteiger partial charge in [0.25, 0.3) is 5.91 Å². The lowest BCUT2D eigenvalue weighted by molar-refractivity contribution is -0.141. The largest absolute Gasteiger partial charge is 0.480 e. The summed E-state index contributed by atoms with van der Waals surface area (Å²) in [6, 6.07) is 0.515. The minimum atomic E-state index is -1.02. The van der Waals surface area contributed by atoms with Crippen LogP contribution in [0.5, 0.6) is 0 Å². The van der Waals surface area contributed by atoms with E-state index in [9.17, 15) is 9.59 Å². The molecule has 8 heteroatoms. The molecule has 2 rings (SSSR count). The van der Waals surface area contributed by atoms with Gasteiger partial charge in [-0.25, -0.2) is 9.78 Å². The second-order valence-electron chi connectivity index (χ2n) is 3.91. The Morgan fingerprint density at radius 3 is 2.89 bits per heavy atom. The second kappa shape index (κ2) is 5.98. The van der Waals surface area contributed by atoms with Crippen LogP contribution >= 0.6 is 35.0 Å². The lowest BCUT2D eigenvalue weighted by Gasteiger charge is -2.32. The summed E-state index contributed by atoms with van der Waals surface area (Å²) in [4.78, 5) is 28.6. The number of halogens is 2. The van der Waals surface area contributed by atoms with E-state index >= 15 is 0 Å². The van der Waals surface area contributed by atoms with Crippen molar-refractivity contribution < 1.29 is 14.7 Å². The number of amides is 1. The summed E-state index contributed by atoms with van der Waals surface area (Å²) in [5, 5.41) is 9.46. The van der Waals surface area contributed by atoms with Gasteiger partial charge in [0.05, 0.1) is 10.6 Å². The van der Waals surface area contributed by atoms with Gasteiger partial charge in [0, 0.05) is 24.2 Å². The predicted octanol–water partition coefficient (Wildman–Crippen LogP) is 2.03. The van der Waals surface area contributed by atoms with Crippen LogP contribution in [0, 0.1) is 0 Å². The smallest absolute Gasteiger partial charge is 0.327 e. The number of carbonyl (C=O) groups excluding carboxylic acids is 1. The number of aromatic nitrogens is 1. The summed E-state index contributed by atoms with van der Waals surface area (Å²) in [6.45, 7) is 0.372. The maximum absolute atomic E-state index is 12.4. The molecule has 0 spiro atoms. The van der Waals surface area contributed by atoms with E-state index in [0.29, 0.717) is 18.1 Å². The zero-order chi connectivity index (χ0) is 14.0. The third-order valence-corrected chi connectivity index (χ3v) is 4.26. The molecular weight excluding hydrogens is 311 g/mol. The average Bonchev–Trinajstić information content (AvgIpc) is 2.40. The van der Waals surface area contributed by atoms with Crippen LogP contribution in [-0.4, -0.2) is 51.0 Å². The van der Waals surface area contributed by atoms with Crippen molar-refractivity contribution in [3.8, 4) is 0 Å². The van der Waals surface area contributed by atoms with Crippen molar-refractivity contribution >= 4 is 46.8 Å². The number of nitrogens with zero attached hydrogens (tertiary/aromatic N) is 2. The molecule has 2 heterocycles. The van der Waals surface area contributed by atoms with Crippen LogP contribution in [0.25, 0.3) is 0 Å². The molecule has 1 aliphatic heterocycles. The molecule has 0 aliphatic carbocycles. The second-order valence-corrected chi connectivity index (χ2v) is 5.86. The third-order valence-electron chi connectivity index (χ3n) is 2.73. The van der Waals surface area contributed by atoms with E-state index in [-0.39, 0.29) is 15.7 Å². The minimum Gasteiger partial charge on any atom is -0.480 e. The summed E-state index contributed by atoms with van der Waals surface area (Å²) >= 11 is 13.2. The Labute approximate surface area is 123 Å². The standard InChI is InChI=1S/C11H10Cl2N2O3S/c12-7-4-14-9(13)3-6(7)10(16)15-1-2-19-5-8(15)11(17)18/h3-4,8H,1-2,5H2,(H,17,18). The van der Waals surface area contributed by atoms with Gasteiger partial charge in [0.15, 0.2) is 0 Å². The van der Waals surface area contributed by atoms with Crippen LogP contribution in [0.15, 0.2) is 12.3 Å². The van der Waals surface area contributed by atoms with Crippen molar-refractivity contribution in [1.29, 1.82) is 0 Å². The van der Waals surface area contributed by atoms with Crippen molar-refractivity contribution in [3.63, 3.8) is 0 Å². The highest BCUT2D eigenvalue weighted by Crippen LogP contribution is 2.24. The molecule has 102 valence electrons. The zero-order valence-corrected chi connectivity index (χ0v) is 12.0. The molecular formula is C11H10Cl2N2O3S. The lowest BCUT2D eigenvalue weighted by atomic mass is 10.2. The number of carboxylic acids is 1. The summed E-state index contributed by atoms with van der Waals surface area (Å²) in [7, 11) is 0. The Morgan fingerprint density at radius 1 is 1.47 bits per heavy atom. The third kappa shape index (κ3) is 3.13. The van der Waals surface area contributed by atoms with E-state index in [0.717, 1.165) is 0 Å². The minimum absolute atomic E-state index is 0.144. The first kappa shape index (κ1) is 14.4. The van der Waals surface area contributed by atoms with Gasteiger partial charge in [-0.1, -0.05) is 23.2 Å². The first-order valence-electron chi connectivity index (χ1n) is 5.43. The Bertz CT molecular complexity index is 527. The molecule has 0 bridgehead atoms. The highest BCUT2D eigenvalue weighted by molar-refractivity contribution is 7.99. The van der Waals surface area contributed by atoms with Gasteiger partial charge >= 0.3 is 5.97 Å². The molecule has 19 heavy (non-hydrogen) atoms. The fourth-order valence-electron chi connectivity index (χ4n) is 1.78. The molecule has 0 radical (unpaired) electrons. The van der Waals surface area contributed by atoms with E-state index in [1.165, 1.54) is 28.9 Å². The fraction of sp³-hybridized carbons (Fsp3) is 0.364. The molecule has 0 aromatic carbocycles. The van der Waals surface area contributed by atoms with Crippen molar-refractivity contribution in [2.24, 2.45) is 0 Å². The molecule has 1 aromatic rings. The molecule has 1 N–H and O–H groups in total. The average molecular weight is 321 g/mol. The van der Waals surface area contributed by atoms with E-state index in [1.807, 2.05) is 0 Å². The van der Waals surface area contributed by atoms with Crippen LogP contribution in [-0.2, 0) is 4.79 Å². The van der Waals surface area contributed by atoms with Gasteiger partial charge in [-0.05, 0) is 6.07 Å². The Hall–Kier alpha value is -0.980. The van der Waals surface area contributed by atoms with Gasteiger partial charge in [-0.3, -0.25) is 4.79 Å². The van der Waals surface area contributed by atoms with Gasteiger partial charge in [0.2, 0.25) is 0 Å². The summed E-state index contributed by atoms with van der Waals surface area (Å²) in [5.41, 5.74) is 0.180. The number of pyridine rings is 1. The quantitative estimate of drug-likeness (QED) is 0.844. The van der Waals surface area contributed by atoms with Crippen molar-refractivity contribution in [2.75, 3.05) is 18.1 Å². The van der Waals surface area contributed by atoms with E-state index < -0.39 is 17.9 Å². The topological polar surface area (TPSA) is 70.5 Å². The first-order valence-corrected chi connectivity index (χ1v) is 7.34. The Morgan fingerprint density at radius 2 is 2.21 bits per heavy atom. The molecule has 1 aromatic heterocycles. The van der Waals surface area contributed by atoms with Crippen molar-refractivity contribution in [3.05, 3.63) is 28.0 Å². The van der Waals surface area contributed by atoms with Crippen LogP contribution < -0.4 is 0 Å². The number of carboxylic acid groups (broad SMARTS) is 1. The highest BCUT2D eigenvalue weighted by atomic mass is 35.5. The summed E-state index contributed by atoms with van der Waals surface area (Å²) in [6.07, 6.45) is 1.28. The zero-order valence-electron chi connectivity index (χ0n) is 9.68. The number of hydrogen-bond donors (Lipinski definition) is 1. The van der Waals surface area contributed by atoms with Crippen LogP contribution in [0.3, 0.4) is 0 Å². The molecule has 1 saturated heterocycles. The highest BCUT2D eigenvalue weighted by Gasteiger charge is 2.33. The molecule has 0 saturated carbocycles. The maximum Gasteiger partial charge on any atom is 0.327 e. The Balaban J connectivity index is 2.31. The van der Waals surface area contributed by atoms with Gasteiger partial charge in [0.1, 0.15) is 11.2 Å². The van der Waals surface area contributed by atoms with E-state index in [1.54, 1.807) is 0 Å². The van der Waals surface area contributed by atoms with Crippen LogP contribution in [0.4, 0.5) is 0 Å². The van der Waals surface area contributed by atoms with E-state index in [4.69, 9.17) is 28.3 Å². The number of rotatable bonds is 2. The lowest BCUT2D eigenvalue weighted by Crippen LogP contribution is -2.50. The normalized spacial score (nSPS) is 19.3. The molecule has 1 atom stereocenters. The van der Waals surface area contributed by atoms with Crippen molar-refractivity contribution in [1.82, 2.24) is 9.88 Å². The van der Waals surface area contributed by atoms with Gasteiger partial charge in [-0.2, -0.15) is 11.8 Å². The SMILES string of the molecule is O=C(O)C1CSCCN1C(=O)c1cc(Cl)ncc1Cl. The van der Waals surface area contributed by atoms with Crippen LogP contribution in [0.2, 0.25) is 10.2 Å². The van der Waals surface area contributed by atoms with Gasteiger partial charge in [-0.15, -0.1) is 0 Å². The van der Waals surface area contributed by atoms with Gasteiger partial charge < -0.3 is 10.0 Å². The van der Waals surface area contributed by atoms with Crippen LogP contribution in [0.1, 0.15) is 10.4 Å². The molecule has 1 unspecified atom stereocenters. The predicted molar refractivity (Wildman–Crippen MR) is 74.0 cm³/mol. The number of carbonyl (C=O) groups is 2. The summed E-state index contributed by atoms with van der Waals surface area (Å²) < 4.78 is 0. The summed E-state index contributed by atoms with van der Waals surface area (Å²) in [5.74, 6) is -0.373. The first-order chi connectivity index (χ1) is 9.00. The number of hydrogen-bond acceptors (Lipinski definition) is 4. The van der Waals surface area contributed by atoms with E-state index in [2.05, 4.69) is 4.98 Å². The fourth-order valence-corrected chi connectivity index (χ4v) is 3.16. The molecule has 1 amide bonds. The molecule has 1 aliphatic rings. The Kier molecular flexibility index (Phi) is 4.54. The van der Waals surface area contributed by atoms with Crippen molar-refractivity contribution in [2.45, 2.75) is 6.04 Å². The maximum atomic E-state index is 12.4. The number of aliphatic carboxylic acids is 1. The molecule has 5 nitrogen and oxygen atoms in total.